The lowest BCUT2D eigenvalue weighted by atomic mass is 10.2. The van der Waals surface area contributed by atoms with Gasteiger partial charge in [-0.15, -0.1) is 0 Å². The zero-order chi connectivity index (χ0) is 13.1. The minimum absolute atomic E-state index is 0.0509. The molecular formula is C10H13N7O. The van der Waals surface area contributed by atoms with Crippen molar-refractivity contribution in [3.8, 4) is 0 Å². The Hall–Kier alpha value is -2.77. The Bertz CT molecular complexity index is 545. The van der Waals surface area contributed by atoms with Crippen molar-refractivity contribution in [3.05, 3.63) is 18.2 Å². The number of hydrogen-bond donors (Lipinski definition) is 5. The summed E-state index contributed by atoms with van der Waals surface area (Å²) in [6.07, 6.45) is 0. The second-order valence-corrected chi connectivity index (χ2v) is 3.64. The molecule has 94 valence electrons. The molecule has 18 heavy (non-hydrogen) atoms. The summed E-state index contributed by atoms with van der Waals surface area (Å²) in [5.74, 6) is -0.324. The summed E-state index contributed by atoms with van der Waals surface area (Å²) in [6, 6.07) is 5.20. The lowest BCUT2D eigenvalue weighted by Crippen LogP contribution is -2.27. The molecule has 1 aliphatic heterocycles. The van der Waals surface area contributed by atoms with Crippen molar-refractivity contribution in [2.45, 2.75) is 0 Å². The highest BCUT2D eigenvalue weighted by Crippen LogP contribution is 2.29. The van der Waals surface area contributed by atoms with Gasteiger partial charge in [0.1, 0.15) is 0 Å². The highest BCUT2D eigenvalue weighted by molar-refractivity contribution is 6.01. The molecule has 0 aromatic heterocycles. The number of guanidine groups is 2. The minimum atomic E-state index is -0.163. The molecule has 0 saturated carbocycles. The number of hydrogen-bond acceptors (Lipinski definition) is 3. The molecule has 0 spiro atoms. The highest BCUT2D eigenvalue weighted by atomic mass is 16.2. The Morgan fingerprint density at radius 3 is 2.72 bits per heavy atom. The molecule has 1 heterocycles. The van der Waals surface area contributed by atoms with Gasteiger partial charge < -0.3 is 27.8 Å². The molecular weight excluding hydrogens is 234 g/mol. The van der Waals surface area contributed by atoms with Crippen LogP contribution in [-0.2, 0) is 4.79 Å². The van der Waals surface area contributed by atoms with Crippen LogP contribution in [0.15, 0.2) is 28.2 Å². The van der Waals surface area contributed by atoms with Crippen LogP contribution in [0.2, 0.25) is 0 Å². The minimum Gasteiger partial charge on any atom is -0.374 e. The van der Waals surface area contributed by atoms with Crippen molar-refractivity contribution in [1.29, 1.82) is 0 Å². The maximum atomic E-state index is 11.2. The van der Waals surface area contributed by atoms with E-state index in [2.05, 4.69) is 20.6 Å². The van der Waals surface area contributed by atoms with Crippen molar-refractivity contribution < 1.29 is 4.79 Å². The van der Waals surface area contributed by atoms with Crippen molar-refractivity contribution >= 4 is 34.9 Å². The molecule has 0 saturated heterocycles. The van der Waals surface area contributed by atoms with E-state index in [-0.39, 0.29) is 24.4 Å². The van der Waals surface area contributed by atoms with Crippen LogP contribution in [0.3, 0.4) is 0 Å². The van der Waals surface area contributed by atoms with E-state index in [0.29, 0.717) is 11.4 Å². The number of nitrogens with zero attached hydrogens (tertiary/aromatic N) is 2. The summed E-state index contributed by atoms with van der Waals surface area (Å²) in [6.45, 7) is 0.256. The summed E-state index contributed by atoms with van der Waals surface area (Å²) in [5.41, 5.74) is 17.9. The van der Waals surface area contributed by atoms with Gasteiger partial charge >= 0.3 is 0 Å². The summed E-state index contributed by atoms with van der Waals surface area (Å²) < 4.78 is 0. The van der Waals surface area contributed by atoms with E-state index in [1.807, 2.05) is 0 Å². The van der Waals surface area contributed by atoms with Crippen LogP contribution in [0, 0.1) is 0 Å². The third kappa shape index (κ3) is 2.67. The molecule has 8 nitrogen and oxygen atoms in total. The van der Waals surface area contributed by atoms with Crippen molar-refractivity contribution in [1.82, 2.24) is 0 Å². The van der Waals surface area contributed by atoms with Crippen molar-refractivity contribution in [3.63, 3.8) is 0 Å². The molecule has 8 heteroatoms. The molecule has 2 rings (SSSR count). The third-order valence-electron chi connectivity index (χ3n) is 2.20. The largest absolute Gasteiger partial charge is 0.374 e. The zero-order valence-corrected chi connectivity index (χ0v) is 9.47. The van der Waals surface area contributed by atoms with Crippen LogP contribution in [0.25, 0.3) is 0 Å². The monoisotopic (exact) mass is 247 g/mol. The Morgan fingerprint density at radius 1 is 1.22 bits per heavy atom. The van der Waals surface area contributed by atoms with Crippen LogP contribution in [0.5, 0.6) is 0 Å². The first-order valence-electron chi connectivity index (χ1n) is 5.16. The predicted octanol–water partition coefficient (Wildman–Crippen LogP) is -0.730. The first kappa shape index (κ1) is 11.7. The number of nitrogens with two attached hydrogens (primary N) is 3. The fraction of sp³-hybridized carbons (Fsp3) is 0.100. The fourth-order valence-corrected chi connectivity index (χ4v) is 1.52. The molecule has 1 aromatic carbocycles. The first-order chi connectivity index (χ1) is 8.54. The number of carbonyl (C=O) groups is 1. The van der Waals surface area contributed by atoms with E-state index in [4.69, 9.17) is 17.2 Å². The maximum absolute atomic E-state index is 11.2. The molecule has 0 unspecified atom stereocenters. The van der Waals surface area contributed by atoms with Gasteiger partial charge in [0.2, 0.25) is 11.9 Å². The second kappa shape index (κ2) is 4.62. The number of nitrogens with one attached hydrogen (secondary N) is 2. The van der Waals surface area contributed by atoms with Gasteiger partial charge in [-0.3, -0.25) is 4.79 Å². The zero-order valence-electron chi connectivity index (χ0n) is 9.47. The summed E-state index contributed by atoms with van der Waals surface area (Å²) in [4.78, 5) is 18.8. The third-order valence-corrected chi connectivity index (χ3v) is 2.20. The fourth-order valence-electron chi connectivity index (χ4n) is 1.52. The smallest absolute Gasteiger partial charge is 0.243 e. The van der Waals surface area contributed by atoms with Crippen LogP contribution in [0.1, 0.15) is 0 Å². The van der Waals surface area contributed by atoms with Gasteiger partial charge in [-0.25, -0.2) is 4.99 Å². The molecule has 0 bridgehead atoms. The standard InChI is InChI=1S/C10H13N7O/c11-9(12)17-10(13)15-5-1-2-6-7(3-5)16-8(18)4-14-6/h1-3,14H,4H2,(H,16,18)(H6,11,12,13,15,17). The van der Waals surface area contributed by atoms with E-state index in [0.717, 1.165) is 5.69 Å². The SMILES string of the molecule is NC(N)=NC(N)=Nc1ccc2c(c1)NC(=O)CN2. The van der Waals surface area contributed by atoms with Gasteiger partial charge in [0.05, 0.1) is 23.6 Å². The molecule has 0 atom stereocenters. The molecule has 1 amide bonds. The van der Waals surface area contributed by atoms with Crippen molar-refractivity contribution in [2.24, 2.45) is 27.2 Å². The topological polar surface area (TPSA) is 144 Å². The first-order valence-corrected chi connectivity index (χ1v) is 5.16. The Labute approximate surface area is 103 Å². The van der Waals surface area contributed by atoms with Gasteiger partial charge in [0.25, 0.3) is 0 Å². The molecule has 0 aliphatic carbocycles. The van der Waals surface area contributed by atoms with Gasteiger partial charge in [-0.05, 0) is 18.2 Å². The summed E-state index contributed by atoms with van der Waals surface area (Å²) in [5, 5.41) is 5.68. The lowest BCUT2D eigenvalue weighted by molar-refractivity contribution is -0.114. The quantitative estimate of drug-likeness (QED) is 0.328. The lowest BCUT2D eigenvalue weighted by Gasteiger charge is -2.18. The number of fused-ring (bicyclic) bond motifs is 1. The number of benzene rings is 1. The maximum Gasteiger partial charge on any atom is 0.243 e. The second-order valence-electron chi connectivity index (χ2n) is 3.64. The normalized spacial score (nSPS) is 14.2. The van der Waals surface area contributed by atoms with E-state index < -0.39 is 0 Å². The predicted molar refractivity (Wildman–Crippen MR) is 70.7 cm³/mol. The van der Waals surface area contributed by atoms with Crippen LogP contribution >= 0.6 is 0 Å². The molecule has 1 aromatic rings. The van der Waals surface area contributed by atoms with Gasteiger partial charge in [0, 0.05) is 0 Å². The molecule has 1 aliphatic rings. The van der Waals surface area contributed by atoms with Gasteiger partial charge in [-0.2, -0.15) is 4.99 Å². The molecule has 8 N–H and O–H groups in total. The van der Waals surface area contributed by atoms with Gasteiger partial charge in [-0.1, -0.05) is 0 Å². The number of rotatable bonds is 1. The number of carbonyl (C=O) groups excluding carboxylic acids is 1. The van der Waals surface area contributed by atoms with E-state index in [1.165, 1.54) is 0 Å². The van der Waals surface area contributed by atoms with E-state index in [1.54, 1.807) is 18.2 Å². The van der Waals surface area contributed by atoms with Crippen LogP contribution < -0.4 is 27.8 Å². The molecule has 0 radical (unpaired) electrons. The molecule has 0 fully saturated rings. The van der Waals surface area contributed by atoms with Crippen LogP contribution in [0.4, 0.5) is 17.1 Å². The Balaban J connectivity index is 2.29. The number of amides is 1. The Morgan fingerprint density at radius 2 is 2.00 bits per heavy atom. The van der Waals surface area contributed by atoms with E-state index >= 15 is 0 Å². The number of anilines is 2. The van der Waals surface area contributed by atoms with Crippen molar-refractivity contribution in [2.75, 3.05) is 17.2 Å². The summed E-state index contributed by atoms with van der Waals surface area (Å²) >= 11 is 0. The van der Waals surface area contributed by atoms with E-state index in [9.17, 15) is 4.79 Å². The highest BCUT2D eigenvalue weighted by Gasteiger charge is 2.13. The number of aliphatic imine (C=N–C) groups is 2. The van der Waals surface area contributed by atoms with Crippen LogP contribution in [-0.4, -0.2) is 24.4 Å². The summed E-state index contributed by atoms with van der Waals surface area (Å²) in [7, 11) is 0. The average molecular weight is 247 g/mol. The van der Waals surface area contributed by atoms with Gasteiger partial charge in [0.15, 0.2) is 5.96 Å². The average Bonchev–Trinajstić information content (AvgIpc) is 2.27. The Kier molecular flexibility index (Phi) is 3.00.